The maximum Gasteiger partial charge on any atom is 0.296 e. The minimum atomic E-state index is -0.664. The quantitative estimate of drug-likeness (QED) is 0.415. The van der Waals surface area contributed by atoms with E-state index in [-0.39, 0.29) is 11.2 Å². The number of anilines is 1. The Hall–Kier alpha value is -3.45. The van der Waals surface area contributed by atoms with E-state index < -0.39 is 11.9 Å². The van der Waals surface area contributed by atoms with Crippen molar-refractivity contribution in [2.24, 2.45) is 0 Å². The fraction of sp³-hybridized carbons (Fsp3) is 0.125. The van der Waals surface area contributed by atoms with Crippen LogP contribution in [-0.4, -0.2) is 18.0 Å². The van der Waals surface area contributed by atoms with Gasteiger partial charge in [-0.05, 0) is 54.4 Å². The van der Waals surface area contributed by atoms with Gasteiger partial charge in [-0.3, -0.25) is 14.5 Å². The SMILES string of the molecule is COc1ccc(C2c3c(oc4ccc(Br)cc4c3=O)C(=O)N2c2ccc(C)cn2)cc1. The standard InChI is InChI=1S/C24H17BrN2O4/c1-13-3-10-19(26-12-13)27-21(14-4-7-16(30-2)8-5-14)20-22(28)17-11-15(25)6-9-18(17)31-23(20)24(27)29/h3-12,21H,1-2H3. The van der Waals surface area contributed by atoms with Crippen molar-refractivity contribution in [3.05, 3.63) is 97.9 Å². The predicted molar refractivity (Wildman–Crippen MR) is 121 cm³/mol. The minimum absolute atomic E-state index is 0.0445. The fourth-order valence-electron chi connectivity index (χ4n) is 3.89. The molecule has 7 heteroatoms. The number of benzene rings is 2. The number of halogens is 1. The number of aryl methyl sites for hydroxylation is 1. The summed E-state index contributed by atoms with van der Waals surface area (Å²) in [6, 6.07) is 15.5. The van der Waals surface area contributed by atoms with E-state index in [0.717, 1.165) is 15.6 Å². The largest absolute Gasteiger partial charge is 0.497 e. The summed E-state index contributed by atoms with van der Waals surface area (Å²) in [4.78, 5) is 33.0. The van der Waals surface area contributed by atoms with Gasteiger partial charge in [0.25, 0.3) is 5.91 Å². The van der Waals surface area contributed by atoms with Gasteiger partial charge in [0, 0.05) is 10.7 Å². The molecule has 2 aromatic heterocycles. The molecule has 1 atom stereocenters. The van der Waals surface area contributed by atoms with Crippen molar-refractivity contribution < 1.29 is 13.9 Å². The number of ether oxygens (including phenoxy) is 1. The van der Waals surface area contributed by atoms with Crippen LogP contribution in [-0.2, 0) is 0 Å². The van der Waals surface area contributed by atoms with E-state index in [0.29, 0.717) is 28.1 Å². The van der Waals surface area contributed by atoms with Crippen LogP contribution >= 0.6 is 15.9 Å². The normalized spacial score (nSPS) is 15.4. The molecule has 3 heterocycles. The molecule has 154 valence electrons. The molecule has 1 amide bonds. The highest BCUT2D eigenvalue weighted by Gasteiger charge is 2.44. The first-order chi connectivity index (χ1) is 15.0. The molecule has 0 spiro atoms. The molecule has 6 nitrogen and oxygen atoms in total. The van der Waals surface area contributed by atoms with Crippen LogP contribution in [0.15, 0.2) is 74.5 Å². The lowest BCUT2D eigenvalue weighted by molar-refractivity contribution is 0.0970. The van der Waals surface area contributed by atoms with Crippen LogP contribution in [0, 0.1) is 6.92 Å². The minimum Gasteiger partial charge on any atom is -0.497 e. The number of aromatic nitrogens is 1. The summed E-state index contributed by atoms with van der Waals surface area (Å²) in [5, 5.41) is 0.415. The monoisotopic (exact) mass is 476 g/mol. The summed E-state index contributed by atoms with van der Waals surface area (Å²) in [7, 11) is 1.59. The van der Waals surface area contributed by atoms with Gasteiger partial charge in [0.2, 0.25) is 5.76 Å². The van der Waals surface area contributed by atoms with Gasteiger partial charge < -0.3 is 9.15 Å². The number of hydrogen-bond acceptors (Lipinski definition) is 5. The average Bonchev–Trinajstić information content (AvgIpc) is 3.07. The van der Waals surface area contributed by atoms with Crippen LogP contribution in [0.1, 0.15) is 33.3 Å². The Bertz CT molecular complexity index is 1380. The number of pyridine rings is 1. The number of nitrogens with zero attached hydrogens (tertiary/aromatic N) is 2. The third-order valence-electron chi connectivity index (χ3n) is 5.41. The van der Waals surface area contributed by atoms with Crippen molar-refractivity contribution in [3.8, 4) is 5.75 Å². The summed E-state index contributed by atoms with van der Waals surface area (Å²) in [6.45, 7) is 1.92. The number of amides is 1. The Morgan fingerprint density at radius 2 is 1.84 bits per heavy atom. The predicted octanol–water partition coefficient (Wildman–Crippen LogP) is 5.02. The smallest absolute Gasteiger partial charge is 0.296 e. The van der Waals surface area contributed by atoms with Gasteiger partial charge in [-0.1, -0.05) is 34.1 Å². The number of rotatable bonds is 3. The Morgan fingerprint density at radius 3 is 2.52 bits per heavy atom. The highest BCUT2D eigenvalue weighted by atomic mass is 79.9. The first-order valence-corrected chi connectivity index (χ1v) is 10.4. The molecule has 1 aliphatic rings. The van der Waals surface area contributed by atoms with Gasteiger partial charge in [-0.2, -0.15) is 0 Å². The summed E-state index contributed by atoms with van der Waals surface area (Å²) in [6.07, 6.45) is 1.69. The van der Waals surface area contributed by atoms with E-state index in [1.807, 2.05) is 25.1 Å². The second kappa shape index (κ2) is 7.35. The highest BCUT2D eigenvalue weighted by molar-refractivity contribution is 9.10. The van der Waals surface area contributed by atoms with Crippen molar-refractivity contribution >= 4 is 38.6 Å². The lowest BCUT2D eigenvalue weighted by atomic mass is 9.98. The van der Waals surface area contributed by atoms with Crippen molar-refractivity contribution in [2.75, 3.05) is 12.0 Å². The highest BCUT2D eigenvalue weighted by Crippen LogP contribution is 2.41. The first kappa shape index (κ1) is 19.5. The van der Waals surface area contributed by atoms with Crippen molar-refractivity contribution in [1.82, 2.24) is 4.98 Å². The number of carbonyl (C=O) groups excluding carboxylic acids is 1. The van der Waals surface area contributed by atoms with Crippen LogP contribution in [0.5, 0.6) is 5.75 Å². The van der Waals surface area contributed by atoms with Crippen LogP contribution in [0.4, 0.5) is 5.82 Å². The fourth-order valence-corrected chi connectivity index (χ4v) is 4.25. The molecule has 1 unspecified atom stereocenters. The number of hydrogen-bond donors (Lipinski definition) is 0. The molecular formula is C24H17BrN2O4. The molecule has 0 radical (unpaired) electrons. The van der Waals surface area contributed by atoms with E-state index in [1.54, 1.807) is 49.7 Å². The molecule has 31 heavy (non-hydrogen) atoms. The number of carbonyl (C=O) groups is 1. The molecular weight excluding hydrogens is 460 g/mol. The Labute approximate surface area is 186 Å². The van der Waals surface area contributed by atoms with Crippen LogP contribution < -0.4 is 15.1 Å². The molecule has 0 N–H and O–H groups in total. The van der Waals surface area contributed by atoms with Crippen molar-refractivity contribution in [1.29, 1.82) is 0 Å². The number of fused-ring (bicyclic) bond motifs is 2. The van der Waals surface area contributed by atoms with Gasteiger partial charge in [-0.15, -0.1) is 0 Å². The van der Waals surface area contributed by atoms with Crippen LogP contribution in [0.2, 0.25) is 0 Å². The molecule has 0 saturated heterocycles. The molecule has 5 rings (SSSR count). The number of methoxy groups -OCH3 is 1. The van der Waals surface area contributed by atoms with Gasteiger partial charge in [0.05, 0.1) is 24.1 Å². The lowest BCUT2D eigenvalue weighted by Crippen LogP contribution is -2.30. The van der Waals surface area contributed by atoms with Crippen molar-refractivity contribution in [2.45, 2.75) is 13.0 Å². The van der Waals surface area contributed by atoms with E-state index in [1.165, 1.54) is 4.90 Å². The van der Waals surface area contributed by atoms with E-state index >= 15 is 0 Å². The molecule has 1 aliphatic heterocycles. The Balaban J connectivity index is 1.79. The lowest BCUT2D eigenvalue weighted by Gasteiger charge is -2.24. The summed E-state index contributed by atoms with van der Waals surface area (Å²) < 4.78 is 12.0. The van der Waals surface area contributed by atoms with E-state index in [2.05, 4.69) is 20.9 Å². The maximum atomic E-state index is 13.6. The molecule has 0 fully saturated rings. The maximum absolute atomic E-state index is 13.6. The summed E-state index contributed by atoms with van der Waals surface area (Å²) >= 11 is 3.41. The van der Waals surface area contributed by atoms with Gasteiger partial charge in [0.1, 0.15) is 17.2 Å². The zero-order valence-electron chi connectivity index (χ0n) is 16.8. The zero-order chi connectivity index (χ0) is 21.7. The zero-order valence-corrected chi connectivity index (χ0v) is 18.3. The Morgan fingerprint density at radius 1 is 1.06 bits per heavy atom. The molecule has 4 aromatic rings. The van der Waals surface area contributed by atoms with E-state index in [9.17, 15) is 9.59 Å². The van der Waals surface area contributed by atoms with Crippen LogP contribution in [0.25, 0.3) is 11.0 Å². The molecule has 0 saturated carbocycles. The van der Waals surface area contributed by atoms with Crippen LogP contribution in [0.3, 0.4) is 0 Å². The Kier molecular flexibility index (Phi) is 4.63. The first-order valence-electron chi connectivity index (χ1n) is 9.64. The topological polar surface area (TPSA) is 72.6 Å². The molecule has 0 aliphatic carbocycles. The van der Waals surface area contributed by atoms with E-state index in [4.69, 9.17) is 9.15 Å². The second-order valence-electron chi connectivity index (χ2n) is 7.36. The van der Waals surface area contributed by atoms with Gasteiger partial charge in [0.15, 0.2) is 5.43 Å². The summed E-state index contributed by atoms with van der Waals surface area (Å²) in [5.74, 6) is 0.785. The summed E-state index contributed by atoms with van der Waals surface area (Å²) in [5.41, 5.74) is 2.17. The average molecular weight is 477 g/mol. The molecule has 2 aromatic carbocycles. The molecule has 0 bridgehead atoms. The van der Waals surface area contributed by atoms with Gasteiger partial charge >= 0.3 is 0 Å². The third-order valence-corrected chi connectivity index (χ3v) is 5.90. The third kappa shape index (κ3) is 3.13. The second-order valence-corrected chi connectivity index (χ2v) is 8.27. The van der Waals surface area contributed by atoms with Gasteiger partial charge in [-0.25, -0.2) is 4.98 Å². The van der Waals surface area contributed by atoms with Crippen molar-refractivity contribution in [3.63, 3.8) is 0 Å².